The number of benzene rings is 2. The minimum atomic E-state index is -0.407. The lowest BCUT2D eigenvalue weighted by Gasteiger charge is -2.16. The van der Waals surface area contributed by atoms with Crippen molar-refractivity contribution in [1.82, 2.24) is 0 Å². The Balaban J connectivity index is 2.32. The van der Waals surface area contributed by atoms with E-state index in [2.05, 4.69) is 0 Å². The van der Waals surface area contributed by atoms with E-state index in [0.717, 1.165) is 0 Å². The minimum Gasteiger partial charge on any atom is -0.453 e. The number of rotatable bonds is 8. The van der Waals surface area contributed by atoms with Crippen LogP contribution in [0.25, 0.3) is 0 Å². The van der Waals surface area contributed by atoms with Gasteiger partial charge in [-0.2, -0.15) is 0 Å². The third kappa shape index (κ3) is 6.77. The number of hydrogen-bond donors (Lipinski definition) is 0. The molecule has 144 valence electrons. The summed E-state index contributed by atoms with van der Waals surface area (Å²) in [4.78, 5) is 24.3. The molecule has 0 aliphatic heterocycles. The van der Waals surface area contributed by atoms with Crippen molar-refractivity contribution < 1.29 is 23.8 Å². The van der Waals surface area contributed by atoms with E-state index in [0.29, 0.717) is 11.5 Å². The number of ether oxygens (including phenoxy) is 3. The summed E-state index contributed by atoms with van der Waals surface area (Å²) in [5, 5.41) is 0. The molecular weight excluding hydrogens is 344 g/mol. The molecule has 5 nitrogen and oxygen atoms in total. The Morgan fingerprint density at radius 3 is 1.89 bits per heavy atom. The minimum absolute atomic E-state index is 0.115. The predicted octanol–water partition coefficient (Wildman–Crippen LogP) is 5.38. The molecule has 0 N–H and O–H groups in total. The first-order valence-corrected chi connectivity index (χ1v) is 9.12. The lowest BCUT2D eigenvalue weighted by Crippen LogP contribution is -2.15. The monoisotopic (exact) mass is 370 g/mol. The summed E-state index contributed by atoms with van der Waals surface area (Å²) < 4.78 is 16.8. The molecule has 0 heterocycles. The molecule has 2 rings (SSSR count). The number of carbonyl (C=O) groups is 2. The van der Waals surface area contributed by atoms with Crippen LogP contribution in [0.15, 0.2) is 48.5 Å². The van der Waals surface area contributed by atoms with E-state index in [4.69, 9.17) is 14.2 Å². The zero-order valence-corrected chi connectivity index (χ0v) is 16.2. The quantitative estimate of drug-likeness (QED) is 0.461. The van der Waals surface area contributed by atoms with Crippen molar-refractivity contribution in [2.45, 2.75) is 40.5 Å². The lowest BCUT2D eigenvalue weighted by molar-refractivity contribution is -0.138. The zero-order chi connectivity index (χ0) is 19.8. The maximum atomic E-state index is 12.2. The highest BCUT2D eigenvalue weighted by molar-refractivity contribution is 5.77. The highest BCUT2D eigenvalue weighted by Gasteiger charge is 2.20. The Bertz CT molecular complexity index is 766. The van der Waals surface area contributed by atoms with Crippen LogP contribution in [0, 0.1) is 11.8 Å². The summed E-state index contributed by atoms with van der Waals surface area (Å²) in [6.45, 7) is 7.72. The number of para-hydroxylation sites is 2. The van der Waals surface area contributed by atoms with Crippen molar-refractivity contribution in [3.63, 3.8) is 0 Å². The highest BCUT2D eigenvalue weighted by Crippen LogP contribution is 2.40. The van der Waals surface area contributed by atoms with Crippen LogP contribution in [0.3, 0.4) is 0 Å². The van der Waals surface area contributed by atoms with Crippen LogP contribution < -0.4 is 14.2 Å². The van der Waals surface area contributed by atoms with Gasteiger partial charge in [-0.25, -0.2) is 0 Å². The molecule has 2 aromatic rings. The van der Waals surface area contributed by atoms with Gasteiger partial charge in [-0.05, 0) is 36.1 Å². The Kier molecular flexibility index (Phi) is 7.41. The highest BCUT2D eigenvalue weighted by atomic mass is 16.6. The first-order chi connectivity index (χ1) is 12.8. The van der Waals surface area contributed by atoms with Gasteiger partial charge in [0.25, 0.3) is 0 Å². The smallest absolute Gasteiger partial charge is 0.311 e. The zero-order valence-electron chi connectivity index (χ0n) is 16.2. The molecule has 0 bridgehead atoms. The van der Waals surface area contributed by atoms with Crippen LogP contribution in [0.4, 0.5) is 0 Å². The maximum absolute atomic E-state index is 12.2. The number of esters is 2. The van der Waals surface area contributed by atoms with Crippen molar-refractivity contribution in [2.24, 2.45) is 11.8 Å². The summed E-state index contributed by atoms with van der Waals surface area (Å²) >= 11 is 0. The molecule has 0 saturated carbocycles. The average molecular weight is 370 g/mol. The maximum Gasteiger partial charge on any atom is 0.311 e. The molecular formula is C22H26O5. The van der Waals surface area contributed by atoms with Gasteiger partial charge >= 0.3 is 11.9 Å². The molecule has 0 aromatic heterocycles. The van der Waals surface area contributed by atoms with Gasteiger partial charge in [-0.15, -0.1) is 0 Å². The molecule has 0 atom stereocenters. The van der Waals surface area contributed by atoms with Crippen molar-refractivity contribution >= 4 is 11.9 Å². The third-order valence-corrected chi connectivity index (χ3v) is 3.50. The van der Waals surface area contributed by atoms with E-state index < -0.39 is 5.97 Å². The van der Waals surface area contributed by atoms with Crippen molar-refractivity contribution in [3.05, 3.63) is 48.5 Å². The molecule has 2 aromatic carbocycles. The molecule has 27 heavy (non-hydrogen) atoms. The fraction of sp³-hybridized carbons (Fsp3) is 0.364. The van der Waals surface area contributed by atoms with Crippen LogP contribution in [0.1, 0.15) is 40.5 Å². The molecule has 0 aliphatic carbocycles. The van der Waals surface area contributed by atoms with Crippen molar-refractivity contribution in [2.75, 3.05) is 0 Å². The molecule has 0 fully saturated rings. The molecule has 5 heteroatoms. The van der Waals surface area contributed by atoms with Crippen molar-refractivity contribution in [3.8, 4) is 23.0 Å². The second-order valence-electron chi connectivity index (χ2n) is 7.14. The summed E-state index contributed by atoms with van der Waals surface area (Å²) in [5.41, 5.74) is 0. The summed E-state index contributed by atoms with van der Waals surface area (Å²) in [5.74, 6) is 0.700. The summed E-state index contributed by atoms with van der Waals surface area (Å²) in [6, 6.07) is 14.1. The SMILES string of the molecule is CC(C)CC(=O)Oc1cccc(Oc2ccccc2)c1OC(=O)CC(C)C. The average Bonchev–Trinajstić information content (AvgIpc) is 2.57. The van der Waals surface area contributed by atoms with Gasteiger partial charge in [0.2, 0.25) is 5.75 Å². The second kappa shape index (κ2) is 9.76. The van der Waals surface area contributed by atoms with E-state index in [1.807, 2.05) is 45.9 Å². The molecule has 0 aliphatic rings. The van der Waals surface area contributed by atoms with Gasteiger partial charge in [0.05, 0.1) is 0 Å². The van der Waals surface area contributed by atoms with Crippen LogP contribution in [0.2, 0.25) is 0 Å². The van der Waals surface area contributed by atoms with Crippen molar-refractivity contribution in [1.29, 1.82) is 0 Å². The molecule has 0 radical (unpaired) electrons. The van der Waals surface area contributed by atoms with E-state index in [-0.39, 0.29) is 42.1 Å². The van der Waals surface area contributed by atoms with Crippen LogP contribution >= 0.6 is 0 Å². The van der Waals surface area contributed by atoms with Crippen LogP contribution in [-0.4, -0.2) is 11.9 Å². The van der Waals surface area contributed by atoms with Gasteiger partial charge in [-0.1, -0.05) is 52.0 Å². The first kappa shape index (κ1) is 20.5. The Morgan fingerprint density at radius 2 is 1.30 bits per heavy atom. The second-order valence-corrected chi connectivity index (χ2v) is 7.14. The van der Waals surface area contributed by atoms with Crippen LogP contribution in [-0.2, 0) is 9.59 Å². The van der Waals surface area contributed by atoms with E-state index >= 15 is 0 Å². The standard InChI is InChI=1S/C22H26O5/c1-15(2)13-20(23)26-19-12-8-11-18(25-17-9-6-5-7-10-17)22(19)27-21(24)14-16(3)4/h5-12,15-16H,13-14H2,1-4H3. The van der Waals surface area contributed by atoms with E-state index in [1.54, 1.807) is 30.3 Å². The lowest BCUT2D eigenvalue weighted by atomic mass is 10.1. The fourth-order valence-electron chi connectivity index (χ4n) is 2.36. The van der Waals surface area contributed by atoms with E-state index in [9.17, 15) is 9.59 Å². The first-order valence-electron chi connectivity index (χ1n) is 9.12. The topological polar surface area (TPSA) is 61.8 Å². The largest absolute Gasteiger partial charge is 0.453 e. The van der Waals surface area contributed by atoms with E-state index in [1.165, 1.54) is 0 Å². The summed E-state index contributed by atoms with van der Waals surface area (Å²) in [6.07, 6.45) is 0.516. The Morgan fingerprint density at radius 1 is 0.741 bits per heavy atom. The van der Waals surface area contributed by atoms with Gasteiger partial charge in [0.15, 0.2) is 11.5 Å². The third-order valence-electron chi connectivity index (χ3n) is 3.50. The molecule has 0 spiro atoms. The van der Waals surface area contributed by atoms with Gasteiger partial charge in [-0.3, -0.25) is 9.59 Å². The molecule has 0 saturated heterocycles. The van der Waals surface area contributed by atoms with Gasteiger partial charge in [0, 0.05) is 12.8 Å². The van der Waals surface area contributed by atoms with Gasteiger partial charge in [0.1, 0.15) is 5.75 Å². The van der Waals surface area contributed by atoms with Gasteiger partial charge < -0.3 is 14.2 Å². The Labute approximate surface area is 160 Å². The molecule has 0 amide bonds. The normalized spacial score (nSPS) is 10.7. The summed E-state index contributed by atoms with van der Waals surface area (Å²) in [7, 11) is 0. The number of hydrogen-bond acceptors (Lipinski definition) is 5. The molecule has 0 unspecified atom stereocenters. The van der Waals surface area contributed by atoms with Crippen LogP contribution in [0.5, 0.6) is 23.0 Å². The number of carbonyl (C=O) groups excluding carboxylic acids is 2. The Hall–Kier alpha value is -2.82. The fourth-order valence-corrected chi connectivity index (χ4v) is 2.36. The predicted molar refractivity (Wildman–Crippen MR) is 103 cm³/mol.